The molecule has 0 heterocycles. The van der Waals surface area contributed by atoms with Gasteiger partial charge in [0.05, 0.1) is 25.7 Å². The number of hydrogen-bond acceptors (Lipinski definition) is 5. The molecule has 1 rings (SSSR count). The van der Waals surface area contributed by atoms with Gasteiger partial charge in [-0.15, -0.1) is 0 Å². The van der Waals surface area contributed by atoms with Crippen LogP contribution < -0.4 is 5.32 Å². The summed E-state index contributed by atoms with van der Waals surface area (Å²) in [6.07, 6.45) is 0.420. The second-order valence-electron chi connectivity index (χ2n) is 3.82. The van der Waals surface area contributed by atoms with Gasteiger partial charge in [0.2, 0.25) is 0 Å². The number of benzene rings is 1. The number of nitrogens with one attached hydrogen (secondary N) is 1. The molecule has 0 saturated carbocycles. The van der Waals surface area contributed by atoms with Crippen LogP contribution in [0.25, 0.3) is 0 Å². The Hall–Kier alpha value is -2.06. The summed E-state index contributed by atoms with van der Waals surface area (Å²) in [7, 11) is 0. The van der Waals surface area contributed by atoms with Crippen molar-refractivity contribution in [2.75, 3.05) is 31.7 Å². The SMILES string of the molecule is CCOC(=O)COCCNc1ccc(CC#N)cc1. The molecule has 5 nitrogen and oxygen atoms in total. The zero-order chi connectivity index (χ0) is 13.9. The molecule has 0 aliphatic rings. The molecule has 1 aromatic rings. The Morgan fingerprint density at radius 3 is 2.74 bits per heavy atom. The van der Waals surface area contributed by atoms with Gasteiger partial charge in [0.15, 0.2) is 0 Å². The molecule has 0 aliphatic heterocycles. The van der Waals surface area contributed by atoms with Crippen LogP contribution in [0.15, 0.2) is 24.3 Å². The van der Waals surface area contributed by atoms with Gasteiger partial charge in [-0.3, -0.25) is 0 Å². The van der Waals surface area contributed by atoms with Crippen LogP contribution in [-0.4, -0.2) is 32.3 Å². The molecule has 0 unspecified atom stereocenters. The molecule has 1 N–H and O–H groups in total. The first-order chi connectivity index (χ1) is 9.26. The topological polar surface area (TPSA) is 71.3 Å². The fraction of sp³-hybridized carbons (Fsp3) is 0.429. The minimum absolute atomic E-state index is 0.0172. The molecular weight excluding hydrogens is 244 g/mol. The Bertz CT molecular complexity index is 423. The van der Waals surface area contributed by atoms with Crippen LogP contribution in [0.3, 0.4) is 0 Å². The van der Waals surface area contributed by atoms with Gasteiger partial charge in [-0.05, 0) is 24.6 Å². The average Bonchev–Trinajstić information content (AvgIpc) is 2.41. The predicted octanol–water partition coefficient (Wildman–Crippen LogP) is 1.74. The highest BCUT2D eigenvalue weighted by Gasteiger charge is 2.00. The van der Waals surface area contributed by atoms with Crippen LogP contribution in [0.2, 0.25) is 0 Å². The lowest BCUT2D eigenvalue weighted by Crippen LogP contribution is -2.16. The maximum absolute atomic E-state index is 11.0. The van der Waals surface area contributed by atoms with Gasteiger partial charge in [-0.25, -0.2) is 4.79 Å². The number of nitrogens with zero attached hydrogens (tertiary/aromatic N) is 1. The summed E-state index contributed by atoms with van der Waals surface area (Å²) in [4.78, 5) is 11.0. The van der Waals surface area contributed by atoms with Crippen molar-refractivity contribution in [1.82, 2.24) is 0 Å². The summed E-state index contributed by atoms with van der Waals surface area (Å²) in [5, 5.41) is 11.7. The highest BCUT2D eigenvalue weighted by atomic mass is 16.6. The Labute approximate surface area is 113 Å². The van der Waals surface area contributed by atoms with E-state index >= 15 is 0 Å². The van der Waals surface area contributed by atoms with Crippen LogP contribution in [0, 0.1) is 11.3 Å². The van der Waals surface area contributed by atoms with E-state index in [1.807, 2.05) is 24.3 Å². The molecule has 0 saturated heterocycles. The molecule has 0 aromatic heterocycles. The van der Waals surface area contributed by atoms with Crippen molar-refractivity contribution in [3.05, 3.63) is 29.8 Å². The molecule has 0 spiro atoms. The van der Waals surface area contributed by atoms with E-state index in [0.29, 0.717) is 26.2 Å². The summed E-state index contributed by atoms with van der Waals surface area (Å²) in [6.45, 7) is 3.15. The molecule has 0 amide bonds. The van der Waals surface area contributed by atoms with Crippen molar-refractivity contribution in [2.24, 2.45) is 0 Å². The second kappa shape index (κ2) is 8.95. The number of nitriles is 1. The molecule has 0 fully saturated rings. The van der Waals surface area contributed by atoms with Gasteiger partial charge >= 0.3 is 5.97 Å². The summed E-state index contributed by atoms with van der Waals surface area (Å²) in [6, 6.07) is 9.74. The molecule has 0 atom stereocenters. The predicted molar refractivity (Wildman–Crippen MR) is 71.7 cm³/mol. The van der Waals surface area contributed by atoms with Crippen LogP contribution in [-0.2, 0) is 20.7 Å². The van der Waals surface area contributed by atoms with Crippen molar-refractivity contribution in [3.63, 3.8) is 0 Å². The zero-order valence-electron chi connectivity index (χ0n) is 11.0. The number of ether oxygens (including phenoxy) is 2. The van der Waals surface area contributed by atoms with E-state index in [2.05, 4.69) is 11.4 Å². The zero-order valence-corrected chi connectivity index (χ0v) is 11.0. The Balaban J connectivity index is 2.15. The summed E-state index contributed by atoms with van der Waals surface area (Å²) >= 11 is 0. The molecule has 0 radical (unpaired) electrons. The number of rotatable bonds is 8. The average molecular weight is 262 g/mol. The monoisotopic (exact) mass is 262 g/mol. The van der Waals surface area contributed by atoms with E-state index in [1.54, 1.807) is 6.92 Å². The largest absolute Gasteiger partial charge is 0.464 e. The molecule has 5 heteroatoms. The van der Waals surface area contributed by atoms with E-state index < -0.39 is 0 Å². The number of carbonyl (C=O) groups excluding carboxylic acids is 1. The van der Waals surface area contributed by atoms with Gasteiger partial charge in [0.1, 0.15) is 6.61 Å². The molecule has 102 valence electrons. The van der Waals surface area contributed by atoms with Crippen LogP contribution >= 0.6 is 0 Å². The quantitative estimate of drug-likeness (QED) is 0.571. The first-order valence-corrected chi connectivity index (χ1v) is 6.19. The third kappa shape index (κ3) is 6.43. The molecule has 1 aromatic carbocycles. The minimum atomic E-state index is -0.344. The minimum Gasteiger partial charge on any atom is -0.464 e. The summed E-state index contributed by atoms with van der Waals surface area (Å²) in [5.41, 5.74) is 1.95. The third-order valence-corrected chi connectivity index (χ3v) is 2.34. The number of anilines is 1. The standard InChI is InChI=1S/C14H18N2O3/c1-2-19-14(17)11-18-10-9-16-13-5-3-12(4-6-13)7-8-15/h3-6,16H,2,7,9-11H2,1H3. The Morgan fingerprint density at radius 1 is 1.37 bits per heavy atom. The molecular formula is C14H18N2O3. The Kier molecular flexibility index (Phi) is 7.06. The van der Waals surface area contributed by atoms with E-state index in [9.17, 15) is 4.79 Å². The lowest BCUT2D eigenvalue weighted by atomic mass is 10.1. The van der Waals surface area contributed by atoms with Crippen molar-refractivity contribution in [3.8, 4) is 6.07 Å². The highest BCUT2D eigenvalue weighted by molar-refractivity contribution is 5.70. The van der Waals surface area contributed by atoms with Crippen molar-refractivity contribution in [2.45, 2.75) is 13.3 Å². The van der Waals surface area contributed by atoms with Crippen molar-refractivity contribution < 1.29 is 14.3 Å². The van der Waals surface area contributed by atoms with Crippen LogP contribution in [0.4, 0.5) is 5.69 Å². The van der Waals surface area contributed by atoms with Gasteiger partial charge in [-0.2, -0.15) is 5.26 Å². The van der Waals surface area contributed by atoms with Gasteiger partial charge < -0.3 is 14.8 Å². The normalized spacial score (nSPS) is 9.68. The van der Waals surface area contributed by atoms with Gasteiger partial charge in [0.25, 0.3) is 0 Å². The smallest absolute Gasteiger partial charge is 0.332 e. The van der Waals surface area contributed by atoms with E-state index in [-0.39, 0.29) is 12.6 Å². The lowest BCUT2D eigenvalue weighted by Gasteiger charge is -2.07. The van der Waals surface area contributed by atoms with E-state index in [0.717, 1.165) is 11.3 Å². The Morgan fingerprint density at radius 2 is 2.11 bits per heavy atom. The van der Waals surface area contributed by atoms with E-state index in [1.165, 1.54) is 0 Å². The van der Waals surface area contributed by atoms with E-state index in [4.69, 9.17) is 14.7 Å². The third-order valence-electron chi connectivity index (χ3n) is 2.34. The molecule has 0 aliphatic carbocycles. The number of carbonyl (C=O) groups is 1. The highest BCUT2D eigenvalue weighted by Crippen LogP contribution is 2.09. The maximum Gasteiger partial charge on any atom is 0.332 e. The lowest BCUT2D eigenvalue weighted by molar-refractivity contribution is -0.148. The number of esters is 1. The first kappa shape index (κ1) is 15.0. The van der Waals surface area contributed by atoms with Crippen molar-refractivity contribution in [1.29, 1.82) is 5.26 Å². The summed E-state index contributed by atoms with van der Waals surface area (Å²) in [5.74, 6) is -0.344. The van der Waals surface area contributed by atoms with Gasteiger partial charge in [-0.1, -0.05) is 12.1 Å². The second-order valence-corrected chi connectivity index (χ2v) is 3.82. The molecule has 0 bridgehead atoms. The maximum atomic E-state index is 11.0. The fourth-order valence-corrected chi connectivity index (χ4v) is 1.46. The van der Waals surface area contributed by atoms with Crippen LogP contribution in [0.5, 0.6) is 0 Å². The molecule has 19 heavy (non-hydrogen) atoms. The first-order valence-electron chi connectivity index (χ1n) is 6.19. The summed E-state index contributed by atoms with van der Waals surface area (Å²) < 4.78 is 9.88. The van der Waals surface area contributed by atoms with Gasteiger partial charge in [0, 0.05) is 12.2 Å². The van der Waals surface area contributed by atoms with Crippen LogP contribution in [0.1, 0.15) is 12.5 Å². The fourth-order valence-electron chi connectivity index (χ4n) is 1.46. The number of hydrogen-bond donors (Lipinski definition) is 1. The van der Waals surface area contributed by atoms with Crippen molar-refractivity contribution >= 4 is 11.7 Å².